The maximum Gasteiger partial charge on any atom is 0.303 e. The van der Waals surface area contributed by atoms with E-state index in [4.69, 9.17) is 19.3 Å². The molecule has 7 heteroatoms. The van der Waals surface area contributed by atoms with Gasteiger partial charge in [-0.25, -0.2) is 0 Å². The van der Waals surface area contributed by atoms with Crippen LogP contribution in [0.5, 0.6) is 17.2 Å². The molecule has 0 radical (unpaired) electrons. The Morgan fingerprint density at radius 1 is 0.714 bits per heavy atom. The summed E-state index contributed by atoms with van der Waals surface area (Å²) in [4.78, 5) is 25.7. The summed E-state index contributed by atoms with van der Waals surface area (Å²) < 4.78 is 16.9. The molecule has 7 nitrogen and oxygen atoms in total. The molecule has 0 unspecified atom stereocenters. The third-order valence-corrected chi connectivity index (χ3v) is 7.07. The van der Waals surface area contributed by atoms with E-state index < -0.39 is 5.97 Å². The van der Waals surface area contributed by atoms with Gasteiger partial charge >= 0.3 is 5.97 Å². The number of nitrogens with zero attached hydrogens (tertiary/aromatic N) is 1. The van der Waals surface area contributed by atoms with Crippen LogP contribution in [0.3, 0.4) is 0 Å². The molecule has 4 aromatic carbocycles. The lowest BCUT2D eigenvalue weighted by molar-refractivity contribution is -0.137. The van der Waals surface area contributed by atoms with E-state index in [2.05, 4.69) is 6.07 Å². The highest BCUT2D eigenvalue weighted by molar-refractivity contribution is 5.76. The average Bonchev–Trinajstić information content (AvgIpc) is 3.02. The molecule has 4 rings (SSSR count). The van der Waals surface area contributed by atoms with Crippen molar-refractivity contribution in [1.82, 2.24) is 4.90 Å². The van der Waals surface area contributed by atoms with Crippen LogP contribution in [0, 0.1) is 0 Å². The Balaban J connectivity index is 1.50. The van der Waals surface area contributed by atoms with Gasteiger partial charge in [0.15, 0.2) is 0 Å². The fraction of sp³-hybridized carbons (Fsp3) is 0.257. The molecule has 0 heterocycles. The number of benzene rings is 4. The summed E-state index contributed by atoms with van der Waals surface area (Å²) >= 11 is 0. The summed E-state index contributed by atoms with van der Waals surface area (Å²) in [5, 5.41) is 9.03. The second-order valence-corrected chi connectivity index (χ2v) is 10.2. The second kappa shape index (κ2) is 14.7. The van der Waals surface area contributed by atoms with Crippen LogP contribution >= 0.6 is 0 Å². The van der Waals surface area contributed by atoms with E-state index >= 15 is 0 Å². The summed E-state index contributed by atoms with van der Waals surface area (Å²) in [7, 11) is 5.09. The zero-order chi connectivity index (χ0) is 29.9. The van der Waals surface area contributed by atoms with E-state index in [0.717, 1.165) is 44.9 Å². The topological polar surface area (TPSA) is 85.3 Å². The van der Waals surface area contributed by atoms with Gasteiger partial charge in [-0.3, -0.25) is 9.59 Å². The minimum atomic E-state index is -0.817. The van der Waals surface area contributed by atoms with Gasteiger partial charge in [0, 0.05) is 32.0 Å². The van der Waals surface area contributed by atoms with Gasteiger partial charge in [-0.2, -0.15) is 0 Å². The summed E-state index contributed by atoms with van der Waals surface area (Å²) in [6.07, 6.45) is 1.59. The lowest BCUT2D eigenvalue weighted by Gasteiger charge is -2.19. The van der Waals surface area contributed by atoms with Crippen LogP contribution in [0.4, 0.5) is 0 Å². The van der Waals surface area contributed by atoms with Gasteiger partial charge in [0.25, 0.3) is 0 Å². The number of hydrogen-bond donors (Lipinski definition) is 1. The number of methoxy groups -OCH3 is 2. The number of hydrogen-bond acceptors (Lipinski definition) is 5. The number of ether oxygens (including phenoxy) is 3. The third kappa shape index (κ3) is 8.61. The van der Waals surface area contributed by atoms with Gasteiger partial charge in [-0.05, 0) is 77.1 Å². The summed E-state index contributed by atoms with van der Waals surface area (Å²) in [5.41, 5.74) is 5.82. The van der Waals surface area contributed by atoms with Crippen LogP contribution in [0.1, 0.15) is 35.1 Å². The number of amides is 1. The fourth-order valence-electron chi connectivity index (χ4n) is 4.68. The van der Waals surface area contributed by atoms with E-state index in [1.807, 2.05) is 92.0 Å². The normalized spacial score (nSPS) is 10.6. The molecule has 0 atom stereocenters. The highest BCUT2D eigenvalue weighted by Gasteiger charge is 2.14. The lowest BCUT2D eigenvalue weighted by Crippen LogP contribution is -2.26. The Morgan fingerprint density at radius 2 is 1.33 bits per heavy atom. The van der Waals surface area contributed by atoms with Gasteiger partial charge in [0.1, 0.15) is 23.9 Å². The van der Waals surface area contributed by atoms with Crippen molar-refractivity contribution in [3.8, 4) is 28.4 Å². The monoisotopic (exact) mass is 567 g/mol. The van der Waals surface area contributed by atoms with Crippen molar-refractivity contribution in [2.75, 3.05) is 21.3 Å². The number of carboxylic acids is 1. The van der Waals surface area contributed by atoms with E-state index in [1.165, 1.54) is 0 Å². The predicted molar refractivity (Wildman–Crippen MR) is 163 cm³/mol. The SMILES string of the molecule is COc1cccc(CCC(=O)N(C)Cc2ccc(OCc3cccc(OC)c3)c(-c3ccc(CCC(=O)O)cc3)c2)c1. The first-order chi connectivity index (χ1) is 20.3. The van der Waals surface area contributed by atoms with Crippen molar-refractivity contribution < 1.29 is 28.9 Å². The molecule has 218 valence electrons. The van der Waals surface area contributed by atoms with Crippen molar-refractivity contribution in [2.24, 2.45) is 0 Å². The first-order valence-corrected chi connectivity index (χ1v) is 13.9. The zero-order valence-electron chi connectivity index (χ0n) is 24.3. The van der Waals surface area contributed by atoms with Gasteiger partial charge < -0.3 is 24.2 Å². The summed E-state index contributed by atoms with van der Waals surface area (Å²) in [6, 6.07) is 29.4. The average molecular weight is 568 g/mol. The predicted octanol–water partition coefficient (Wildman–Crippen LogP) is 6.56. The molecule has 1 N–H and O–H groups in total. The van der Waals surface area contributed by atoms with Crippen LogP contribution in [-0.4, -0.2) is 43.2 Å². The highest BCUT2D eigenvalue weighted by atomic mass is 16.5. The standard InChI is InChI=1S/C35H37NO6/c1-36(34(37)18-13-26-6-4-8-30(20-26)40-2)23-27-12-17-33(42-24-28-7-5-9-31(21-28)41-3)32(22-27)29-15-10-25(11-16-29)14-19-35(38)39/h4-12,15-17,20-22H,13-14,18-19,23-24H2,1-3H3,(H,38,39). The molecule has 0 saturated carbocycles. The van der Waals surface area contributed by atoms with Crippen molar-refractivity contribution in [1.29, 1.82) is 0 Å². The number of rotatable bonds is 14. The van der Waals surface area contributed by atoms with Gasteiger partial charge in [0.05, 0.1) is 14.2 Å². The van der Waals surface area contributed by atoms with Gasteiger partial charge in [-0.15, -0.1) is 0 Å². The quantitative estimate of drug-likeness (QED) is 0.186. The van der Waals surface area contributed by atoms with Crippen molar-refractivity contribution in [3.63, 3.8) is 0 Å². The molecule has 1 amide bonds. The second-order valence-electron chi connectivity index (χ2n) is 10.2. The van der Waals surface area contributed by atoms with Crippen molar-refractivity contribution in [2.45, 2.75) is 38.8 Å². The van der Waals surface area contributed by atoms with Gasteiger partial charge in [0.2, 0.25) is 5.91 Å². The molecule has 0 aliphatic rings. The fourth-order valence-corrected chi connectivity index (χ4v) is 4.68. The molecule has 0 aromatic heterocycles. The number of carbonyl (C=O) groups is 2. The van der Waals surface area contributed by atoms with Crippen LogP contribution in [0.2, 0.25) is 0 Å². The van der Waals surface area contributed by atoms with Crippen LogP contribution in [-0.2, 0) is 35.6 Å². The van der Waals surface area contributed by atoms with E-state index in [1.54, 1.807) is 19.1 Å². The Labute approximate surface area is 247 Å². The summed E-state index contributed by atoms with van der Waals surface area (Å²) in [5.74, 6) is 1.50. The first-order valence-electron chi connectivity index (χ1n) is 13.9. The minimum absolute atomic E-state index is 0.0560. The first kappa shape index (κ1) is 30.2. The van der Waals surface area contributed by atoms with Crippen LogP contribution < -0.4 is 14.2 Å². The molecule has 0 aliphatic carbocycles. The minimum Gasteiger partial charge on any atom is -0.497 e. The van der Waals surface area contributed by atoms with Gasteiger partial charge in [-0.1, -0.05) is 54.6 Å². The molecule has 0 saturated heterocycles. The van der Waals surface area contributed by atoms with E-state index in [-0.39, 0.29) is 12.3 Å². The van der Waals surface area contributed by atoms with Crippen molar-refractivity contribution >= 4 is 11.9 Å². The highest BCUT2D eigenvalue weighted by Crippen LogP contribution is 2.33. The molecule has 0 fully saturated rings. The smallest absolute Gasteiger partial charge is 0.303 e. The molecular formula is C35H37NO6. The molecule has 4 aromatic rings. The Hall–Kier alpha value is -4.78. The Morgan fingerprint density at radius 3 is 2.00 bits per heavy atom. The Bertz CT molecular complexity index is 1500. The van der Waals surface area contributed by atoms with Crippen LogP contribution in [0.15, 0.2) is 91.0 Å². The molecule has 0 aliphatic heterocycles. The third-order valence-electron chi connectivity index (χ3n) is 7.07. The molecular weight excluding hydrogens is 530 g/mol. The zero-order valence-corrected chi connectivity index (χ0v) is 24.3. The number of carbonyl (C=O) groups excluding carboxylic acids is 1. The lowest BCUT2D eigenvalue weighted by atomic mass is 9.99. The largest absolute Gasteiger partial charge is 0.497 e. The number of aliphatic carboxylic acids is 1. The molecule has 42 heavy (non-hydrogen) atoms. The number of aryl methyl sites for hydroxylation is 2. The van der Waals surface area contributed by atoms with E-state index in [9.17, 15) is 9.59 Å². The summed E-state index contributed by atoms with van der Waals surface area (Å²) in [6.45, 7) is 0.819. The number of carboxylic acid groups (broad SMARTS) is 1. The maximum absolute atomic E-state index is 13.0. The molecule has 0 spiro atoms. The van der Waals surface area contributed by atoms with Crippen LogP contribution in [0.25, 0.3) is 11.1 Å². The maximum atomic E-state index is 13.0. The van der Waals surface area contributed by atoms with E-state index in [0.29, 0.717) is 38.2 Å². The van der Waals surface area contributed by atoms with Crippen molar-refractivity contribution in [3.05, 3.63) is 113 Å². The Kier molecular flexibility index (Phi) is 10.6. The molecule has 0 bridgehead atoms.